The molecule has 1 fully saturated rings. The first-order valence-corrected chi connectivity index (χ1v) is 9.72. The Morgan fingerprint density at radius 2 is 2.03 bits per heavy atom. The van der Waals surface area contributed by atoms with Crippen LogP contribution in [0.2, 0.25) is 0 Å². The van der Waals surface area contributed by atoms with Gasteiger partial charge in [0.1, 0.15) is 17.6 Å². The van der Waals surface area contributed by atoms with Crippen LogP contribution in [0.1, 0.15) is 13.3 Å². The van der Waals surface area contributed by atoms with Crippen LogP contribution in [0.4, 0.5) is 10.2 Å². The van der Waals surface area contributed by atoms with E-state index < -0.39 is 0 Å². The first-order chi connectivity index (χ1) is 14.1. The van der Waals surface area contributed by atoms with Crippen molar-refractivity contribution in [2.24, 2.45) is 4.99 Å². The van der Waals surface area contributed by atoms with Crippen LogP contribution in [-0.4, -0.2) is 56.9 Å². The van der Waals surface area contributed by atoms with E-state index in [0.29, 0.717) is 24.9 Å². The number of methoxy groups -OCH3 is 1. The summed E-state index contributed by atoms with van der Waals surface area (Å²) in [6.07, 6.45) is 2.45. The van der Waals surface area contributed by atoms with Crippen molar-refractivity contribution in [3.05, 3.63) is 48.4 Å². The third kappa shape index (κ3) is 6.61. The van der Waals surface area contributed by atoms with Gasteiger partial charge in [0.15, 0.2) is 17.6 Å². The van der Waals surface area contributed by atoms with Gasteiger partial charge in [0.2, 0.25) is 0 Å². The summed E-state index contributed by atoms with van der Waals surface area (Å²) in [5.41, 5.74) is 0. The molecule has 2 heterocycles. The second-order valence-corrected chi connectivity index (χ2v) is 6.94. The van der Waals surface area contributed by atoms with Gasteiger partial charge in [-0.25, -0.2) is 9.37 Å². The van der Waals surface area contributed by atoms with E-state index in [9.17, 15) is 4.39 Å². The largest absolute Gasteiger partial charge is 0.497 e. The Hall–Kier alpha value is -2.30. The van der Waals surface area contributed by atoms with Gasteiger partial charge >= 0.3 is 0 Å². The number of hydrogen-bond acceptors (Lipinski definition) is 5. The van der Waals surface area contributed by atoms with E-state index in [4.69, 9.17) is 9.47 Å². The van der Waals surface area contributed by atoms with E-state index in [-0.39, 0.29) is 41.9 Å². The maximum absolute atomic E-state index is 13.9. The van der Waals surface area contributed by atoms with Gasteiger partial charge < -0.3 is 25.0 Å². The highest BCUT2D eigenvalue weighted by Crippen LogP contribution is 2.21. The van der Waals surface area contributed by atoms with Crippen LogP contribution >= 0.6 is 24.0 Å². The number of hydrogen-bond donors (Lipinski definition) is 2. The van der Waals surface area contributed by atoms with Crippen LogP contribution < -0.4 is 25.0 Å². The molecule has 164 valence electrons. The molecule has 3 rings (SSSR count). The summed E-state index contributed by atoms with van der Waals surface area (Å²) in [7, 11) is 3.37. The van der Waals surface area contributed by atoms with Crippen molar-refractivity contribution in [3.63, 3.8) is 0 Å². The lowest BCUT2D eigenvalue weighted by Crippen LogP contribution is -2.47. The van der Waals surface area contributed by atoms with Crippen LogP contribution in [0.25, 0.3) is 0 Å². The molecule has 1 saturated heterocycles. The third-order valence-electron chi connectivity index (χ3n) is 4.74. The van der Waals surface area contributed by atoms with Crippen LogP contribution in [0.15, 0.2) is 47.6 Å². The average Bonchev–Trinajstić information content (AvgIpc) is 3.20. The van der Waals surface area contributed by atoms with Crippen LogP contribution in [-0.2, 0) is 0 Å². The number of rotatable bonds is 7. The van der Waals surface area contributed by atoms with Crippen molar-refractivity contribution in [2.75, 3.05) is 38.7 Å². The predicted molar refractivity (Wildman–Crippen MR) is 128 cm³/mol. The highest BCUT2D eigenvalue weighted by molar-refractivity contribution is 14.0. The molecule has 0 saturated carbocycles. The lowest BCUT2D eigenvalue weighted by atomic mass is 10.3. The third-order valence-corrected chi connectivity index (χ3v) is 4.74. The van der Waals surface area contributed by atoms with Crippen LogP contribution in [0, 0.1) is 5.82 Å². The number of pyridine rings is 1. The molecule has 2 aromatic rings. The average molecular weight is 529 g/mol. The molecule has 1 aromatic carbocycles. The second-order valence-electron chi connectivity index (χ2n) is 6.94. The number of aromatic nitrogens is 1. The molecule has 0 bridgehead atoms. The zero-order valence-electron chi connectivity index (χ0n) is 17.5. The minimum atomic E-state index is -0.292. The molecular weight excluding hydrogens is 500 g/mol. The molecule has 0 radical (unpaired) electrons. The minimum Gasteiger partial charge on any atom is -0.497 e. The summed E-state index contributed by atoms with van der Waals surface area (Å²) in [6, 6.07) is 10.7. The maximum Gasteiger partial charge on any atom is 0.191 e. The molecular formula is C21H29FIN5O2. The Morgan fingerprint density at radius 1 is 1.30 bits per heavy atom. The normalized spacial score (nSPS) is 17.1. The maximum atomic E-state index is 13.9. The minimum absolute atomic E-state index is 0. The molecule has 0 amide bonds. The molecule has 0 spiro atoms. The van der Waals surface area contributed by atoms with Gasteiger partial charge in [-0.15, -0.1) is 24.0 Å². The number of anilines is 1. The Balaban J connectivity index is 0.00000320. The number of guanidine groups is 1. The number of ether oxygens (including phenoxy) is 2. The van der Waals surface area contributed by atoms with E-state index in [1.807, 2.05) is 36.1 Å². The SMILES string of the molecule is CN=C(NCC(C)Oc1ccc(OC)cc1)NC1CCN(c2ncccc2F)C1.I. The number of nitrogens with zero attached hydrogens (tertiary/aromatic N) is 3. The molecule has 7 nitrogen and oxygen atoms in total. The fourth-order valence-corrected chi connectivity index (χ4v) is 3.24. The Bertz CT molecular complexity index is 821. The van der Waals surface area contributed by atoms with E-state index in [0.717, 1.165) is 24.5 Å². The van der Waals surface area contributed by atoms with Gasteiger partial charge in [-0.2, -0.15) is 0 Å². The quantitative estimate of drug-likeness (QED) is 0.327. The van der Waals surface area contributed by atoms with E-state index in [1.165, 1.54) is 6.07 Å². The van der Waals surface area contributed by atoms with Crippen LogP contribution in [0.3, 0.4) is 0 Å². The van der Waals surface area contributed by atoms with Gasteiger partial charge in [0, 0.05) is 32.4 Å². The van der Waals surface area contributed by atoms with Crippen molar-refractivity contribution >= 4 is 35.8 Å². The molecule has 1 aliphatic rings. The predicted octanol–water partition coefficient (Wildman–Crippen LogP) is 3.06. The van der Waals surface area contributed by atoms with E-state index in [2.05, 4.69) is 20.6 Å². The molecule has 30 heavy (non-hydrogen) atoms. The fraction of sp³-hybridized carbons (Fsp3) is 0.429. The smallest absolute Gasteiger partial charge is 0.191 e. The monoisotopic (exact) mass is 529 g/mol. The molecule has 2 N–H and O–H groups in total. The lowest BCUT2D eigenvalue weighted by Gasteiger charge is -2.21. The fourth-order valence-electron chi connectivity index (χ4n) is 3.24. The Labute approximate surface area is 194 Å². The molecule has 2 unspecified atom stereocenters. The van der Waals surface area contributed by atoms with E-state index in [1.54, 1.807) is 26.4 Å². The lowest BCUT2D eigenvalue weighted by molar-refractivity contribution is 0.223. The molecule has 1 aliphatic heterocycles. The van der Waals surface area contributed by atoms with Crippen molar-refractivity contribution in [2.45, 2.75) is 25.5 Å². The number of nitrogens with one attached hydrogen (secondary N) is 2. The second kappa shape index (κ2) is 11.8. The van der Waals surface area contributed by atoms with Gasteiger partial charge in [-0.05, 0) is 49.7 Å². The summed E-state index contributed by atoms with van der Waals surface area (Å²) >= 11 is 0. The van der Waals surface area contributed by atoms with Crippen LogP contribution in [0.5, 0.6) is 11.5 Å². The van der Waals surface area contributed by atoms with Gasteiger partial charge in [-0.1, -0.05) is 0 Å². The Morgan fingerprint density at radius 3 is 2.70 bits per heavy atom. The summed E-state index contributed by atoms with van der Waals surface area (Å²) in [6.45, 7) is 4.01. The Kier molecular flexibility index (Phi) is 9.41. The van der Waals surface area contributed by atoms with Crippen molar-refractivity contribution < 1.29 is 13.9 Å². The topological polar surface area (TPSA) is 71.0 Å². The zero-order valence-corrected chi connectivity index (χ0v) is 19.8. The summed E-state index contributed by atoms with van der Waals surface area (Å²) in [5, 5.41) is 6.68. The number of halogens is 2. The molecule has 0 aliphatic carbocycles. The summed E-state index contributed by atoms with van der Waals surface area (Å²) < 4.78 is 25.0. The van der Waals surface area contributed by atoms with Crippen molar-refractivity contribution in [1.29, 1.82) is 0 Å². The van der Waals surface area contributed by atoms with Crippen molar-refractivity contribution in [1.82, 2.24) is 15.6 Å². The zero-order chi connectivity index (χ0) is 20.6. The van der Waals surface area contributed by atoms with Gasteiger partial charge in [0.05, 0.1) is 13.7 Å². The highest BCUT2D eigenvalue weighted by atomic mass is 127. The first kappa shape index (κ1) is 24.0. The van der Waals surface area contributed by atoms with Gasteiger partial charge in [-0.3, -0.25) is 4.99 Å². The highest BCUT2D eigenvalue weighted by Gasteiger charge is 2.26. The molecule has 1 aromatic heterocycles. The number of benzene rings is 1. The first-order valence-electron chi connectivity index (χ1n) is 9.72. The molecule has 9 heteroatoms. The van der Waals surface area contributed by atoms with E-state index >= 15 is 0 Å². The summed E-state index contributed by atoms with van der Waals surface area (Å²) in [4.78, 5) is 10.4. The van der Waals surface area contributed by atoms with Crippen molar-refractivity contribution in [3.8, 4) is 11.5 Å². The summed E-state index contributed by atoms with van der Waals surface area (Å²) in [5.74, 6) is 2.39. The van der Waals surface area contributed by atoms with Gasteiger partial charge in [0.25, 0.3) is 0 Å². The standard InChI is InChI=1S/C21H28FN5O2.HI/c1-15(29-18-8-6-17(28-3)7-9-18)13-25-21(23-2)26-16-10-12-27(14-16)20-19(22)5-4-11-24-20;/h4-9,11,15-16H,10,12-14H2,1-3H3,(H2,23,25,26);1H. The number of aliphatic imine (C=N–C) groups is 1. The molecule has 2 atom stereocenters.